The standard InChI is InChI=1S/C24H33F2N3O3/c1-5-27-23(28-14-17-7-6-8-18(13-17)16-31-24(2,3)4)29-15-21(30)19-9-11-20(12-10-19)32-22(25)26/h6-13,21-22,30H,5,14-16H2,1-4H3,(H2,27,28,29). The Labute approximate surface area is 188 Å². The van der Waals surface area contributed by atoms with Crippen LogP contribution in [-0.4, -0.2) is 36.4 Å². The van der Waals surface area contributed by atoms with Crippen LogP contribution in [0, 0.1) is 0 Å². The third kappa shape index (κ3) is 9.62. The Balaban J connectivity index is 1.94. The summed E-state index contributed by atoms with van der Waals surface area (Å²) < 4.78 is 34.7. The number of rotatable bonds is 10. The number of nitrogens with one attached hydrogen (secondary N) is 2. The second-order valence-electron chi connectivity index (χ2n) is 8.26. The van der Waals surface area contributed by atoms with E-state index < -0.39 is 12.7 Å². The first kappa shape index (κ1) is 25.5. The van der Waals surface area contributed by atoms with Crippen LogP contribution in [0.15, 0.2) is 53.5 Å². The topological polar surface area (TPSA) is 75.1 Å². The molecule has 0 aliphatic heterocycles. The molecule has 0 aliphatic carbocycles. The van der Waals surface area contributed by atoms with Gasteiger partial charge in [0.25, 0.3) is 0 Å². The van der Waals surface area contributed by atoms with Crippen molar-refractivity contribution in [3.63, 3.8) is 0 Å². The van der Waals surface area contributed by atoms with E-state index in [4.69, 9.17) is 4.74 Å². The lowest BCUT2D eigenvalue weighted by Crippen LogP contribution is -2.39. The molecule has 0 aliphatic rings. The summed E-state index contributed by atoms with van der Waals surface area (Å²) >= 11 is 0. The van der Waals surface area contributed by atoms with Crippen LogP contribution < -0.4 is 15.4 Å². The fourth-order valence-electron chi connectivity index (χ4n) is 2.81. The van der Waals surface area contributed by atoms with Gasteiger partial charge in [-0.25, -0.2) is 4.99 Å². The summed E-state index contributed by atoms with van der Waals surface area (Å²) in [5.41, 5.74) is 2.52. The molecule has 1 atom stereocenters. The Bertz CT molecular complexity index is 852. The van der Waals surface area contributed by atoms with Crippen LogP contribution in [0.1, 0.15) is 50.5 Å². The Kier molecular flexibility index (Phi) is 9.87. The van der Waals surface area contributed by atoms with Crippen LogP contribution in [0.2, 0.25) is 0 Å². The molecule has 3 N–H and O–H groups in total. The van der Waals surface area contributed by atoms with E-state index in [-0.39, 0.29) is 17.9 Å². The zero-order valence-corrected chi connectivity index (χ0v) is 19.1. The SMILES string of the molecule is CCNC(=NCc1cccc(COC(C)(C)C)c1)NCC(O)c1ccc(OC(F)F)cc1. The largest absolute Gasteiger partial charge is 0.435 e. The highest BCUT2D eigenvalue weighted by atomic mass is 19.3. The van der Waals surface area contributed by atoms with Gasteiger partial charge >= 0.3 is 6.61 Å². The van der Waals surface area contributed by atoms with Crippen molar-refractivity contribution in [2.45, 2.75) is 59.2 Å². The van der Waals surface area contributed by atoms with Crippen LogP contribution >= 0.6 is 0 Å². The molecule has 0 bridgehead atoms. The van der Waals surface area contributed by atoms with Gasteiger partial charge in [-0.15, -0.1) is 0 Å². The van der Waals surface area contributed by atoms with Crippen molar-refractivity contribution in [1.29, 1.82) is 0 Å². The summed E-state index contributed by atoms with van der Waals surface area (Å²) in [7, 11) is 0. The minimum Gasteiger partial charge on any atom is -0.435 e. The molecule has 8 heteroatoms. The Hall–Kier alpha value is -2.71. The summed E-state index contributed by atoms with van der Waals surface area (Å²) in [6.45, 7) is 7.03. The highest BCUT2D eigenvalue weighted by Crippen LogP contribution is 2.19. The molecule has 2 aromatic carbocycles. The maximum atomic E-state index is 12.3. The molecule has 2 rings (SSSR count). The summed E-state index contributed by atoms with van der Waals surface area (Å²) in [6.07, 6.45) is -0.836. The van der Waals surface area contributed by atoms with E-state index in [1.807, 2.05) is 45.9 Å². The van der Waals surface area contributed by atoms with Gasteiger partial charge in [0, 0.05) is 13.1 Å². The maximum absolute atomic E-state index is 12.3. The lowest BCUT2D eigenvalue weighted by atomic mass is 10.1. The van der Waals surface area contributed by atoms with Crippen LogP contribution in [0.3, 0.4) is 0 Å². The van der Waals surface area contributed by atoms with Crippen LogP contribution in [0.5, 0.6) is 5.75 Å². The predicted molar refractivity (Wildman–Crippen MR) is 122 cm³/mol. The van der Waals surface area contributed by atoms with Crippen molar-refractivity contribution in [3.8, 4) is 5.75 Å². The van der Waals surface area contributed by atoms with Crippen molar-refractivity contribution in [3.05, 3.63) is 65.2 Å². The van der Waals surface area contributed by atoms with E-state index in [1.54, 1.807) is 12.1 Å². The van der Waals surface area contributed by atoms with Gasteiger partial charge in [0.2, 0.25) is 0 Å². The van der Waals surface area contributed by atoms with E-state index in [9.17, 15) is 13.9 Å². The molecule has 0 saturated carbocycles. The van der Waals surface area contributed by atoms with Gasteiger partial charge in [0.15, 0.2) is 5.96 Å². The summed E-state index contributed by atoms with van der Waals surface area (Å²) in [6, 6.07) is 14.0. The molecular formula is C24H33F2N3O3. The fourth-order valence-corrected chi connectivity index (χ4v) is 2.81. The first-order valence-electron chi connectivity index (χ1n) is 10.6. The summed E-state index contributed by atoms with van der Waals surface area (Å²) in [5.74, 6) is 0.620. The number of aliphatic hydroxyl groups is 1. The number of guanidine groups is 1. The minimum absolute atomic E-state index is 0.0499. The average molecular weight is 450 g/mol. The monoisotopic (exact) mass is 449 g/mol. The number of benzene rings is 2. The summed E-state index contributed by atoms with van der Waals surface area (Å²) in [5, 5.41) is 16.7. The molecule has 0 heterocycles. The Morgan fingerprint density at radius 3 is 2.38 bits per heavy atom. The third-order valence-corrected chi connectivity index (χ3v) is 4.38. The van der Waals surface area contributed by atoms with E-state index >= 15 is 0 Å². The van der Waals surface area contributed by atoms with Gasteiger partial charge < -0.3 is 25.2 Å². The highest BCUT2D eigenvalue weighted by Gasteiger charge is 2.11. The predicted octanol–water partition coefficient (Wildman–Crippen LogP) is 4.39. The average Bonchev–Trinajstić information content (AvgIpc) is 2.74. The molecule has 6 nitrogen and oxygen atoms in total. The van der Waals surface area contributed by atoms with Gasteiger partial charge in [0.1, 0.15) is 5.75 Å². The first-order valence-corrected chi connectivity index (χ1v) is 10.6. The third-order valence-electron chi connectivity index (χ3n) is 4.38. The van der Waals surface area contributed by atoms with E-state index in [2.05, 4.69) is 26.4 Å². The van der Waals surface area contributed by atoms with Crippen molar-refractivity contribution >= 4 is 5.96 Å². The van der Waals surface area contributed by atoms with Crippen molar-refractivity contribution in [2.24, 2.45) is 4.99 Å². The molecule has 2 aromatic rings. The zero-order chi connectivity index (χ0) is 23.6. The number of halogens is 2. The number of ether oxygens (including phenoxy) is 2. The molecule has 0 fully saturated rings. The quantitative estimate of drug-likeness (QED) is 0.371. The van der Waals surface area contributed by atoms with Crippen LogP contribution in [0.4, 0.5) is 8.78 Å². The van der Waals surface area contributed by atoms with Gasteiger partial charge in [-0.2, -0.15) is 8.78 Å². The molecule has 0 spiro atoms. The van der Waals surface area contributed by atoms with E-state index in [1.165, 1.54) is 12.1 Å². The number of nitrogens with zero attached hydrogens (tertiary/aromatic N) is 1. The zero-order valence-electron chi connectivity index (χ0n) is 19.1. The smallest absolute Gasteiger partial charge is 0.387 e. The van der Waals surface area contributed by atoms with Crippen molar-refractivity contribution in [1.82, 2.24) is 10.6 Å². The number of hydrogen-bond acceptors (Lipinski definition) is 4. The van der Waals surface area contributed by atoms with Gasteiger partial charge in [-0.05, 0) is 56.5 Å². The lowest BCUT2D eigenvalue weighted by Gasteiger charge is -2.19. The Morgan fingerprint density at radius 2 is 1.75 bits per heavy atom. The van der Waals surface area contributed by atoms with Gasteiger partial charge in [-0.1, -0.05) is 36.4 Å². The van der Waals surface area contributed by atoms with E-state index in [0.717, 1.165) is 11.1 Å². The van der Waals surface area contributed by atoms with Crippen molar-refractivity contribution < 1.29 is 23.4 Å². The molecule has 0 radical (unpaired) electrons. The molecule has 0 amide bonds. The molecular weight excluding hydrogens is 416 g/mol. The van der Waals surface area contributed by atoms with Crippen LogP contribution in [0.25, 0.3) is 0 Å². The second-order valence-corrected chi connectivity index (χ2v) is 8.26. The molecule has 0 saturated heterocycles. The number of hydrogen-bond donors (Lipinski definition) is 3. The first-order chi connectivity index (χ1) is 15.2. The van der Waals surface area contributed by atoms with Gasteiger partial charge in [-0.3, -0.25) is 0 Å². The van der Waals surface area contributed by atoms with Gasteiger partial charge in [0.05, 0.1) is 24.9 Å². The molecule has 0 aromatic heterocycles. The number of aliphatic imine (C=N–C) groups is 1. The molecule has 32 heavy (non-hydrogen) atoms. The molecule has 176 valence electrons. The van der Waals surface area contributed by atoms with Crippen LogP contribution in [-0.2, 0) is 17.9 Å². The summed E-state index contributed by atoms with van der Waals surface area (Å²) in [4.78, 5) is 4.59. The lowest BCUT2D eigenvalue weighted by molar-refractivity contribution is -0.0498. The molecule has 1 unspecified atom stereocenters. The number of alkyl halides is 2. The normalized spacial score (nSPS) is 13.2. The number of aliphatic hydroxyl groups excluding tert-OH is 1. The maximum Gasteiger partial charge on any atom is 0.387 e. The van der Waals surface area contributed by atoms with E-state index in [0.29, 0.717) is 31.2 Å². The second kappa shape index (κ2) is 12.4. The fraction of sp³-hybridized carbons (Fsp3) is 0.458. The minimum atomic E-state index is -2.88. The van der Waals surface area contributed by atoms with Crippen molar-refractivity contribution in [2.75, 3.05) is 13.1 Å². The Morgan fingerprint density at radius 1 is 1.06 bits per heavy atom. The highest BCUT2D eigenvalue weighted by molar-refractivity contribution is 5.79.